The van der Waals surface area contributed by atoms with Crippen LogP contribution in [0, 0.1) is 0 Å². The Labute approximate surface area is 55.8 Å². The zero-order chi connectivity index (χ0) is 8.31. The third kappa shape index (κ3) is 1.98. The van der Waals surface area contributed by atoms with Crippen molar-refractivity contribution < 1.29 is 19.1 Å². The molecule has 0 spiro atoms. The second-order valence-corrected chi connectivity index (χ2v) is 1.67. The third-order valence-electron chi connectivity index (χ3n) is 0.872. The van der Waals surface area contributed by atoms with Crippen LogP contribution in [0.15, 0.2) is 0 Å². The summed E-state index contributed by atoms with van der Waals surface area (Å²) in [4.78, 5) is 19.8. The van der Waals surface area contributed by atoms with Gasteiger partial charge in [0, 0.05) is 0 Å². The molecule has 0 bridgehead atoms. The quantitative estimate of drug-likeness (QED) is 0.442. The van der Waals surface area contributed by atoms with E-state index in [-0.39, 0.29) is 0 Å². The van der Waals surface area contributed by atoms with E-state index >= 15 is 0 Å². The number of carbonyl (C=O) groups is 2. The van der Waals surface area contributed by atoms with Crippen molar-refractivity contribution in [3.63, 3.8) is 0 Å². The average molecular weight is 150 g/mol. The lowest BCUT2D eigenvalue weighted by Gasteiger charge is -2.07. The van der Waals surface area contributed by atoms with Gasteiger partial charge in [0.1, 0.15) is 6.04 Å². The SMILES string of the molecule is NC(=O)[C@H](F)[C@H](N)C(=O)O. The number of primary amides is 1. The Morgan fingerprint density at radius 1 is 1.50 bits per heavy atom. The summed E-state index contributed by atoms with van der Waals surface area (Å²) in [5.41, 5.74) is 9.10. The number of hydrogen-bond donors (Lipinski definition) is 3. The first-order valence-electron chi connectivity index (χ1n) is 2.38. The minimum Gasteiger partial charge on any atom is -0.480 e. The summed E-state index contributed by atoms with van der Waals surface area (Å²) in [5, 5.41) is 8.03. The largest absolute Gasteiger partial charge is 0.480 e. The second kappa shape index (κ2) is 3.11. The van der Waals surface area contributed by atoms with Crippen LogP contribution >= 0.6 is 0 Å². The first kappa shape index (κ1) is 8.83. The van der Waals surface area contributed by atoms with Crippen molar-refractivity contribution in [2.45, 2.75) is 12.2 Å². The van der Waals surface area contributed by atoms with E-state index in [0.717, 1.165) is 0 Å². The Hall–Kier alpha value is -1.17. The Kier molecular flexibility index (Phi) is 2.75. The van der Waals surface area contributed by atoms with Gasteiger partial charge in [0.25, 0.3) is 5.91 Å². The summed E-state index contributed by atoms with van der Waals surface area (Å²) >= 11 is 0. The van der Waals surface area contributed by atoms with Crippen molar-refractivity contribution in [3.8, 4) is 0 Å². The third-order valence-corrected chi connectivity index (χ3v) is 0.872. The van der Waals surface area contributed by atoms with Crippen molar-refractivity contribution in [3.05, 3.63) is 0 Å². The molecule has 0 unspecified atom stereocenters. The molecular weight excluding hydrogens is 143 g/mol. The summed E-state index contributed by atoms with van der Waals surface area (Å²) in [7, 11) is 0. The van der Waals surface area contributed by atoms with E-state index in [4.69, 9.17) is 5.11 Å². The van der Waals surface area contributed by atoms with E-state index in [1.165, 1.54) is 0 Å². The van der Waals surface area contributed by atoms with E-state index in [2.05, 4.69) is 11.5 Å². The van der Waals surface area contributed by atoms with Crippen LogP contribution in [0.1, 0.15) is 0 Å². The standard InChI is InChI=1S/C4H7FN2O3/c5-1(3(7)8)2(6)4(9)10/h1-2H,6H2,(H2,7,8)(H,9,10)/t1-,2+/m1/s1. The number of nitrogens with two attached hydrogens (primary N) is 2. The first-order valence-corrected chi connectivity index (χ1v) is 2.38. The molecular formula is C4H7FN2O3. The van der Waals surface area contributed by atoms with Crippen LogP contribution in [0.4, 0.5) is 4.39 Å². The Balaban J connectivity index is 4.07. The van der Waals surface area contributed by atoms with Crippen LogP contribution in [0.3, 0.4) is 0 Å². The molecule has 0 saturated heterocycles. The summed E-state index contributed by atoms with van der Waals surface area (Å²) in [6, 6.07) is -1.86. The molecule has 5 nitrogen and oxygen atoms in total. The highest BCUT2D eigenvalue weighted by molar-refractivity contribution is 5.87. The van der Waals surface area contributed by atoms with Gasteiger partial charge in [-0.3, -0.25) is 9.59 Å². The molecule has 58 valence electrons. The van der Waals surface area contributed by atoms with Crippen molar-refractivity contribution in [1.29, 1.82) is 0 Å². The highest BCUT2D eigenvalue weighted by atomic mass is 19.1. The van der Waals surface area contributed by atoms with Gasteiger partial charge in [-0.05, 0) is 0 Å². The molecule has 0 saturated carbocycles. The molecule has 6 heteroatoms. The van der Waals surface area contributed by atoms with Crippen LogP contribution in [-0.4, -0.2) is 29.2 Å². The van der Waals surface area contributed by atoms with Gasteiger partial charge in [0.2, 0.25) is 6.17 Å². The topological polar surface area (TPSA) is 106 Å². The number of alkyl halides is 1. The molecule has 2 atom stereocenters. The molecule has 0 fully saturated rings. The monoisotopic (exact) mass is 150 g/mol. The van der Waals surface area contributed by atoms with E-state index < -0.39 is 24.1 Å². The number of amides is 1. The number of halogens is 1. The maximum Gasteiger partial charge on any atom is 0.324 e. The number of aliphatic carboxylic acids is 1. The summed E-state index contributed by atoms with van der Waals surface area (Å²) < 4.78 is 12.2. The van der Waals surface area contributed by atoms with Crippen LogP contribution < -0.4 is 11.5 Å². The van der Waals surface area contributed by atoms with E-state index in [9.17, 15) is 14.0 Å². The van der Waals surface area contributed by atoms with Gasteiger partial charge in [0.05, 0.1) is 0 Å². The summed E-state index contributed by atoms with van der Waals surface area (Å²) in [6.45, 7) is 0. The lowest BCUT2D eigenvalue weighted by Crippen LogP contribution is -2.46. The van der Waals surface area contributed by atoms with Crippen LogP contribution in [-0.2, 0) is 9.59 Å². The van der Waals surface area contributed by atoms with Gasteiger partial charge in [-0.1, -0.05) is 0 Å². The molecule has 0 heterocycles. The average Bonchev–Trinajstić information content (AvgIpc) is 1.84. The molecule has 0 aliphatic heterocycles. The van der Waals surface area contributed by atoms with E-state index in [0.29, 0.717) is 0 Å². The second-order valence-electron chi connectivity index (χ2n) is 1.67. The van der Waals surface area contributed by atoms with E-state index in [1.807, 2.05) is 0 Å². The van der Waals surface area contributed by atoms with Gasteiger partial charge in [-0.15, -0.1) is 0 Å². The minimum absolute atomic E-state index is 1.37. The van der Waals surface area contributed by atoms with Gasteiger partial charge in [-0.2, -0.15) is 0 Å². The highest BCUT2D eigenvalue weighted by Crippen LogP contribution is 1.94. The van der Waals surface area contributed by atoms with Gasteiger partial charge in [-0.25, -0.2) is 4.39 Å². The van der Waals surface area contributed by atoms with Crippen LogP contribution in [0.2, 0.25) is 0 Å². The lowest BCUT2D eigenvalue weighted by molar-refractivity contribution is -0.142. The Morgan fingerprint density at radius 2 is 1.90 bits per heavy atom. The molecule has 0 aromatic rings. The lowest BCUT2D eigenvalue weighted by atomic mass is 10.2. The maximum absolute atomic E-state index is 12.2. The smallest absolute Gasteiger partial charge is 0.324 e. The Morgan fingerprint density at radius 3 is 2.00 bits per heavy atom. The van der Waals surface area contributed by atoms with Gasteiger partial charge >= 0.3 is 5.97 Å². The number of hydrogen-bond acceptors (Lipinski definition) is 3. The van der Waals surface area contributed by atoms with Gasteiger partial charge < -0.3 is 16.6 Å². The van der Waals surface area contributed by atoms with Crippen molar-refractivity contribution in [2.24, 2.45) is 11.5 Å². The zero-order valence-corrected chi connectivity index (χ0v) is 4.95. The number of carbonyl (C=O) groups excluding carboxylic acids is 1. The molecule has 0 aliphatic rings. The number of rotatable bonds is 3. The van der Waals surface area contributed by atoms with Gasteiger partial charge in [0.15, 0.2) is 0 Å². The molecule has 1 amide bonds. The summed E-state index contributed by atoms with van der Waals surface area (Å²) in [6.07, 6.45) is -2.32. The van der Waals surface area contributed by atoms with Crippen molar-refractivity contribution in [2.75, 3.05) is 0 Å². The van der Waals surface area contributed by atoms with E-state index in [1.54, 1.807) is 0 Å². The molecule has 0 aromatic carbocycles. The van der Waals surface area contributed by atoms with Crippen molar-refractivity contribution in [1.82, 2.24) is 0 Å². The van der Waals surface area contributed by atoms with Crippen LogP contribution in [0.5, 0.6) is 0 Å². The first-order chi connectivity index (χ1) is 4.46. The molecule has 0 aromatic heterocycles. The van der Waals surface area contributed by atoms with Crippen molar-refractivity contribution >= 4 is 11.9 Å². The fourth-order valence-corrected chi connectivity index (χ4v) is 0.302. The minimum atomic E-state index is -2.32. The fourth-order valence-electron chi connectivity index (χ4n) is 0.302. The highest BCUT2D eigenvalue weighted by Gasteiger charge is 2.28. The molecule has 0 radical (unpaired) electrons. The predicted molar refractivity (Wildman–Crippen MR) is 29.7 cm³/mol. The maximum atomic E-state index is 12.2. The Bertz CT molecular complexity index is 143. The number of carboxylic acid groups (broad SMARTS) is 1. The molecule has 5 N–H and O–H groups in total. The van der Waals surface area contributed by atoms with Crippen LogP contribution in [0.25, 0.3) is 0 Å². The number of carboxylic acids is 1. The predicted octanol–water partition coefficient (Wildman–Crippen LogP) is -1.78. The summed E-state index contributed by atoms with van der Waals surface area (Å²) in [5.74, 6) is -2.96. The zero-order valence-electron chi connectivity index (χ0n) is 4.95. The fraction of sp³-hybridized carbons (Fsp3) is 0.500. The molecule has 10 heavy (non-hydrogen) atoms. The molecule has 0 rings (SSSR count). The normalized spacial score (nSPS) is 15.8. The molecule has 0 aliphatic carbocycles.